The van der Waals surface area contributed by atoms with E-state index in [0.717, 1.165) is 22.1 Å². The molecule has 1 heterocycles. The maximum absolute atomic E-state index is 6.92. The van der Waals surface area contributed by atoms with E-state index in [9.17, 15) is 0 Å². The van der Waals surface area contributed by atoms with Gasteiger partial charge in [0.1, 0.15) is 11.2 Å². The van der Waals surface area contributed by atoms with Crippen molar-refractivity contribution in [1.29, 1.82) is 0 Å². The Morgan fingerprint density at radius 3 is 1.36 bits per heavy atom. The normalized spacial score (nSPS) is 12.0. The van der Waals surface area contributed by atoms with E-state index < -0.39 is 0 Å². The van der Waals surface area contributed by atoms with Crippen molar-refractivity contribution in [2.24, 2.45) is 0 Å². The SMILES string of the molecule is c1ccc2cc3c(cc2c1)oc1c(-c2ccc(-c4c5ccccc5c(-c5cccc6ccccc56)c5ccccc45)c4ccccc24)cc2ccccc2c13. The third-order valence-corrected chi connectivity index (χ3v) is 11.8. The molecule has 1 nitrogen and oxygen atoms in total. The lowest BCUT2D eigenvalue weighted by molar-refractivity contribution is 0.671. The summed E-state index contributed by atoms with van der Waals surface area (Å²) in [6.07, 6.45) is 0. The number of furan rings is 1. The maximum Gasteiger partial charge on any atom is 0.143 e. The second-order valence-electron chi connectivity index (χ2n) is 14.7. The summed E-state index contributed by atoms with van der Waals surface area (Å²) >= 11 is 0. The molecule has 55 heavy (non-hydrogen) atoms. The molecule has 0 radical (unpaired) electrons. The van der Waals surface area contributed by atoms with Crippen LogP contribution in [0.5, 0.6) is 0 Å². The first-order valence-corrected chi connectivity index (χ1v) is 19.0. The van der Waals surface area contributed by atoms with E-state index in [1.807, 2.05) is 0 Å². The van der Waals surface area contributed by atoms with E-state index >= 15 is 0 Å². The fourth-order valence-corrected chi connectivity index (χ4v) is 9.42. The van der Waals surface area contributed by atoms with Gasteiger partial charge in [-0.15, -0.1) is 0 Å². The topological polar surface area (TPSA) is 13.1 Å². The summed E-state index contributed by atoms with van der Waals surface area (Å²) in [5.41, 5.74) is 9.15. The Balaban J connectivity index is 1.16. The van der Waals surface area contributed by atoms with Gasteiger partial charge in [-0.1, -0.05) is 176 Å². The van der Waals surface area contributed by atoms with Crippen molar-refractivity contribution in [2.45, 2.75) is 0 Å². The van der Waals surface area contributed by atoms with Crippen LogP contribution in [0.3, 0.4) is 0 Å². The van der Waals surface area contributed by atoms with Crippen molar-refractivity contribution < 1.29 is 4.42 Å². The van der Waals surface area contributed by atoms with Gasteiger partial charge in [0, 0.05) is 16.3 Å². The van der Waals surface area contributed by atoms with Crippen LogP contribution in [0.15, 0.2) is 199 Å². The summed E-state index contributed by atoms with van der Waals surface area (Å²) in [4.78, 5) is 0. The molecule has 12 rings (SSSR count). The minimum atomic E-state index is 0.913. The fraction of sp³-hybridized carbons (Fsp3) is 0. The maximum atomic E-state index is 6.92. The molecule has 0 aliphatic carbocycles. The van der Waals surface area contributed by atoms with Gasteiger partial charge < -0.3 is 4.42 Å². The van der Waals surface area contributed by atoms with Gasteiger partial charge >= 0.3 is 0 Å². The van der Waals surface area contributed by atoms with Gasteiger partial charge in [-0.3, -0.25) is 0 Å². The fourth-order valence-electron chi connectivity index (χ4n) is 9.42. The molecule has 0 aliphatic rings. The standard InChI is InChI=1S/C54H32O/c1-2-16-35-32-50-49(30-34(35)15-1)53-38-20-6-4-17-36(38)31-48(54(53)55-50)41-28-29-47(40-22-8-7-21-39(40)41)52-45-25-11-9-23-43(45)51(44-24-10-12-26-46(44)52)42-27-13-18-33-14-3-5-19-37(33)42/h1-32H. The molecule has 0 fully saturated rings. The second kappa shape index (κ2) is 11.6. The van der Waals surface area contributed by atoms with Crippen molar-refractivity contribution in [1.82, 2.24) is 0 Å². The van der Waals surface area contributed by atoms with Crippen molar-refractivity contribution in [3.63, 3.8) is 0 Å². The highest BCUT2D eigenvalue weighted by Crippen LogP contribution is 2.49. The molecule has 0 N–H and O–H groups in total. The van der Waals surface area contributed by atoms with Crippen molar-refractivity contribution in [2.75, 3.05) is 0 Å². The summed E-state index contributed by atoms with van der Waals surface area (Å²) < 4.78 is 6.92. The Labute approximate surface area is 317 Å². The summed E-state index contributed by atoms with van der Waals surface area (Å²) in [6.45, 7) is 0. The molecular formula is C54H32O. The molecule has 1 aromatic heterocycles. The average molecular weight is 697 g/mol. The number of hydrogen-bond donors (Lipinski definition) is 0. The Morgan fingerprint density at radius 1 is 0.255 bits per heavy atom. The van der Waals surface area contributed by atoms with Gasteiger partial charge in [-0.25, -0.2) is 0 Å². The summed E-state index contributed by atoms with van der Waals surface area (Å²) in [5.74, 6) is 0. The summed E-state index contributed by atoms with van der Waals surface area (Å²) in [5, 5.41) is 17.1. The summed E-state index contributed by atoms with van der Waals surface area (Å²) in [6, 6.07) is 71.0. The molecule has 11 aromatic carbocycles. The van der Waals surface area contributed by atoms with Crippen LogP contribution in [0, 0.1) is 0 Å². The molecule has 0 aliphatic heterocycles. The monoisotopic (exact) mass is 696 g/mol. The molecule has 0 spiro atoms. The first kappa shape index (κ1) is 30.3. The highest BCUT2D eigenvalue weighted by atomic mass is 16.3. The van der Waals surface area contributed by atoms with Crippen LogP contribution in [0.1, 0.15) is 0 Å². The minimum absolute atomic E-state index is 0.913. The zero-order chi connectivity index (χ0) is 36.0. The highest BCUT2D eigenvalue weighted by molar-refractivity contribution is 6.28. The zero-order valence-electron chi connectivity index (χ0n) is 29.9. The van der Waals surface area contributed by atoms with E-state index in [0.29, 0.717) is 0 Å². The molecular weight excluding hydrogens is 665 g/mol. The first-order chi connectivity index (χ1) is 27.3. The largest absolute Gasteiger partial charge is 0.455 e. The third-order valence-electron chi connectivity index (χ3n) is 11.8. The molecule has 0 atom stereocenters. The number of rotatable bonds is 3. The predicted molar refractivity (Wildman–Crippen MR) is 235 cm³/mol. The Kier molecular flexibility index (Phi) is 6.40. The van der Waals surface area contributed by atoms with Gasteiger partial charge in [0.15, 0.2) is 0 Å². The van der Waals surface area contributed by atoms with Crippen LogP contribution in [-0.4, -0.2) is 0 Å². The van der Waals surface area contributed by atoms with Crippen LogP contribution < -0.4 is 0 Å². The lowest BCUT2D eigenvalue weighted by atomic mass is 9.83. The van der Waals surface area contributed by atoms with Gasteiger partial charge in [-0.2, -0.15) is 0 Å². The van der Waals surface area contributed by atoms with Crippen molar-refractivity contribution in [3.05, 3.63) is 194 Å². The molecule has 1 heteroatoms. The summed E-state index contributed by atoms with van der Waals surface area (Å²) in [7, 11) is 0. The molecule has 0 saturated carbocycles. The van der Waals surface area contributed by atoms with E-state index in [2.05, 4.69) is 194 Å². The van der Waals surface area contributed by atoms with Crippen LogP contribution in [-0.2, 0) is 0 Å². The number of benzene rings is 11. The van der Waals surface area contributed by atoms with Gasteiger partial charge in [-0.05, 0) is 111 Å². The van der Waals surface area contributed by atoms with Crippen molar-refractivity contribution >= 4 is 86.6 Å². The van der Waals surface area contributed by atoms with Crippen LogP contribution in [0.4, 0.5) is 0 Å². The van der Waals surface area contributed by atoms with Crippen LogP contribution in [0.2, 0.25) is 0 Å². The molecule has 0 bridgehead atoms. The van der Waals surface area contributed by atoms with Crippen LogP contribution in [0.25, 0.3) is 120 Å². The van der Waals surface area contributed by atoms with E-state index in [4.69, 9.17) is 4.42 Å². The van der Waals surface area contributed by atoms with Crippen molar-refractivity contribution in [3.8, 4) is 33.4 Å². The van der Waals surface area contributed by atoms with E-state index in [-0.39, 0.29) is 0 Å². The second-order valence-corrected chi connectivity index (χ2v) is 14.7. The minimum Gasteiger partial charge on any atom is -0.455 e. The Bertz CT molecular complexity index is 3490. The average Bonchev–Trinajstić information content (AvgIpc) is 3.62. The Hall–Kier alpha value is -7.22. The smallest absolute Gasteiger partial charge is 0.143 e. The molecule has 12 aromatic rings. The molecule has 0 unspecified atom stereocenters. The first-order valence-electron chi connectivity index (χ1n) is 19.0. The van der Waals surface area contributed by atoms with Gasteiger partial charge in [0.25, 0.3) is 0 Å². The molecule has 254 valence electrons. The number of hydrogen-bond acceptors (Lipinski definition) is 1. The van der Waals surface area contributed by atoms with Gasteiger partial charge in [0.2, 0.25) is 0 Å². The van der Waals surface area contributed by atoms with E-state index in [1.54, 1.807) is 0 Å². The Morgan fingerprint density at radius 2 is 0.709 bits per heavy atom. The third kappa shape index (κ3) is 4.41. The number of fused-ring (bicyclic) bond motifs is 10. The van der Waals surface area contributed by atoms with Gasteiger partial charge in [0.05, 0.1) is 0 Å². The quantitative estimate of drug-likeness (QED) is 0.168. The lowest BCUT2D eigenvalue weighted by Gasteiger charge is -2.20. The molecule has 0 saturated heterocycles. The zero-order valence-corrected chi connectivity index (χ0v) is 29.9. The lowest BCUT2D eigenvalue weighted by Crippen LogP contribution is -1.93. The molecule has 0 amide bonds. The van der Waals surface area contributed by atoms with Crippen LogP contribution >= 0.6 is 0 Å². The van der Waals surface area contributed by atoms with E-state index in [1.165, 1.54) is 97.8 Å². The predicted octanol–water partition coefficient (Wildman–Crippen LogP) is 15.5. The highest BCUT2D eigenvalue weighted by Gasteiger charge is 2.22.